The first-order valence-corrected chi connectivity index (χ1v) is 14.8. The van der Waals surface area contributed by atoms with Crippen LogP contribution in [0.4, 0.5) is 0 Å². The third kappa shape index (κ3) is 4.42. The van der Waals surface area contributed by atoms with E-state index in [0.717, 1.165) is 70.9 Å². The first kappa shape index (κ1) is 25.9. The molecule has 4 aliphatic rings. The summed E-state index contributed by atoms with van der Waals surface area (Å²) in [5.41, 5.74) is 6.25. The quantitative estimate of drug-likeness (QED) is 0.333. The van der Waals surface area contributed by atoms with Crippen molar-refractivity contribution in [2.75, 3.05) is 19.6 Å². The fraction of sp³-hybridized carbons (Fsp3) is 0.344. The molecule has 3 aliphatic heterocycles. The highest BCUT2D eigenvalue weighted by Gasteiger charge is 2.45. The number of hydrogen-bond acceptors (Lipinski definition) is 8. The van der Waals surface area contributed by atoms with Gasteiger partial charge in [0.15, 0.2) is 0 Å². The summed E-state index contributed by atoms with van der Waals surface area (Å²) in [6.45, 7) is 2.39. The lowest BCUT2D eigenvalue weighted by atomic mass is 9.99. The van der Waals surface area contributed by atoms with Crippen LogP contribution in [0.1, 0.15) is 69.6 Å². The Hall–Kier alpha value is -4.77. The Kier molecular flexibility index (Phi) is 5.97. The van der Waals surface area contributed by atoms with Crippen molar-refractivity contribution in [2.45, 2.75) is 50.1 Å². The summed E-state index contributed by atoms with van der Waals surface area (Å²) in [5, 5.41) is 7.26. The fourth-order valence-corrected chi connectivity index (χ4v) is 6.50. The van der Waals surface area contributed by atoms with E-state index in [-0.39, 0.29) is 24.8 Å². The first-order chi connectivity index (χ1) is 20.9. The van der Waals surface area contributed by atoms with Gasteiger partial charge in [0.25, 0.3) is 11.8 Å². The van der Waals surface area contributed by atoms with Gasteiger partial charge in [0, 0.05) is 43.7 Å². The second-order valence-corrected chi connectivity index (χ2v) is 11.9. The molecule has 0 spiro atoms. The standard InChI is InChI=1S/C32H29N7O4/c40-27-11-10-26(30(41)35-27)39-31(42)21-5-3-4-18(28(21)32(39)43)12-13-37-15-20(16-37)38-17-22(29(36-38)19-8-9-19)25-14-33-23-6-1-2-7-24(23)34-25/h1-7,14,17,19-20,26H,8-13,15-16H2,(H,35,40,41). The molecule has 2 aromatic carbocycles. The van der Waals surface area contributed by atoms with Crippen molar-refractivity contribution in [1.29, 1.82) is 0 Å². The average Bonchev–Trinajstić information content (AvgIpc) is 3.69. The predicted octanol–water partition coefficient (Wildman–Crippen LogP) is 2.87. The normalized spacial score (nSPS) is 20.9. The molecule has 0 bridgehead atoms. The summed E-state index contributed by atoms with van der Waals surface area (Å²) in [6, 6.07) is 12.5. The Morgan fingerprint density at radius 2 is 1.70 bits per heavy atom. The van der Waals surface area contributed by atoms with E-state index in [9.17, 15) is 19.2 Å². The zero-order chi connectivity index (χ0) is 29.2. The van der Waals surface area contributed by atoms with Crippen LogP contribution in [0.15, 0.2) is 54.9 Å². The molecule has 4 amide bonds. The Morgan fingerprint density at radius 3 is 2.49 bits per heavy atom. The smallest absolute Gasteiger partial charge is 0.262 e. The van der Waals surface area contributed by atoms with Crippen molar-refractivity contribution in [3.63, 3.8) is 0 Å². The molecule has 3 fully saturated rings. The number of nitrogens with zero attached hydrogens (tertiary/aromatic N) is 6. The Balaban J connectivity index is 0.954. The molecule has 2 aromatic heterocycles. The predicted molar refractivity (Wildman–Crippen MR) is 155 cm³/mol. The molecule has 8 rings (SSSR count). The van der Waals surface area contributed by atoms with Gasteiger partial charge in [-0.15, -0.1) is 0 Å². The molecule has 1 unspecified atom stereocenters. The maximum atomic E-state index is 13.4. The van der Waals surface area contributed by atoms with Crippen molar-refractivity contribution >= 4 is 34.7 Å². The van der Waals surface area contributed by atoms with E-state index in [1.54, 1.807) is 12.1 Å². The van der Waals surface area contributed by atoms with Gasteiger partial charge in [-0.05, 0) is 49.4 Å². The van der Waals surface area contributed by atoms with Crippen LogP contribution in [0.5, 0.6) is 0 Å². The molecule has 5 heterocycles. The SMILES string of the molecule is O=C1CCC(N2C(=O)c3cccc(CCN4CC(n5cc(-c6cnc7ccccc7n6)c(C6CC6)n5)C4)c3C2=O)C(=O)N1. The van der Waals surface area contributed by atoms with Crippen LogP contribution in [0.2, 0.25) is 0 Å². The number of para-hydroxylation sites is 2. The van der Waals surface area contributed by atoms with Gasteiger partial charge in [-0.2, -0.15) is 5.10 Å². The first-order valence-electron chi connectivity index (χ1n) is 14.8. The number of imide groups is 2. The lowest BCUT2D eigenvalue weighted by molar-refractivity contribution is -0.136. The molecule has 216 valence electrons. The van der Waals surface area contributed by atoms with Gasteiger partial charge in [0.05, 0.1) is 45.8 Å². The second-order valence-electron chi connectivity index (χ2n) is 11.9. The minimum atomic E-state index is -0.964. The van der Waals surface area contributed by atoms with Crippen molar-refractivity contribution in [2.24, 2.45) is 0 Å². The molecule has 11 heteroatoms. The molecule has 0 radical (unpaired) electrons. The molecule has 1 saturated carbocycles. The lowest BCUT2D eigenvalue weighted by Gasteiger charge is -2.39. The molecule has 1 N–H and O–H groups in total. The van der Waals surface area contributed by atoms with Crippen LogP contribution in [-0.4, -0.2) is 78.9 Å². The molecule has 1 atom stereocenters. The van der Waals surface area contributed by atoms with E-state index < -0.39 is 23.8 Å². The van der Waals surface area contributed by atoms with E-state index in [2.05, 4.69) is 26.1 Å². The van der Waals surface area contributed by atoms with Crippen LogP contribution in [-0.2, 0) is 16.0 Å². The number of aromatic nitrogens is 4. The zero-order valence-electron chi connectivity index (χ0n) is 23.4. The summed E-state index contributed by atoms with van der Waals surface area (Å²) in [5.74, 6) is -1.44. The van der Waals surface area contributed by atoms with E-state index in [0.29, 0.717) is 23.5 Å². The van der Waals surface area contributed by atoms with Crippen LogP contribution in [0.25, 0.3) is 22.3 Å². The number of carbonyl (C=O) groups excluding carboxylic acids is 4. The average molecular weight is 576 g/mol. The Labute approximate surface area is 246 Å². The number of benzene rings is 2. The van der Waals surface area contributed by atoms with Gasteiger partial charge >= 0.3 is 0 Å². The van der Waals surface area contributed by atoms with Crippen molar-refractivity contribution < 1.29 is 19.2 Å². The number of carbonyl (C=O) groups is 4. The van der Waals surface area contributed by atoms with Crippen LogP contribution in [0, 0.1) is 0 Å². The summed E-state index contributed by atoms with van der Waals surface area (Å²) in [6.07, 6.45) is 7.09. The van der Waals surface area contributed by atoms with Crippen molar-refractivity contribution in [3.8, 4) is 11.3 Å². The van der Waals surface area contributed by atoms with Crippen LogP contribution in [0.3, 0.4) is 0 Å². The van der Waals surface area contributed by atoms with Gasteiger partial charge in [-0.3, -0.25) is 44.0 Å². The highest BCUT2D eigenvalue weighted by atomic mass is 16.2. The zero-order valence-corrected chi connectivity index (χ0v) is 23.4. The minimum absolute atomic E-state index is 0.0996. The number of piperidine rings is 1. The van der Waals surface area contributed by atoms with Gasteiger partial charge in [-0.1, -0.05) is 24.3 Å². The van der Waals surface area contributed by atoms with E-state index in [4.69, 9.17) is 10.1 Å². The maximum absolute atomic E-state index is 13.4. The van der Waals surface area contributed by atoms with E-state index in [1.165, 1.54) is 0 Å². The molecular formula is C32H29N7O4. The number of nitrogens with one attached hydrogen (secondary N) is 1. The third-order valence-corrected chi connectivity index (χ3v) is 9.01. The molecular weight excluding hydrogens is 546 g/mol. The van der Waals surface area contributed by atoms with Crippen LogP contribution >= 0.6 is 0 Å². The van der Waals surface area contributed by atoms with E-state index >= 15 is 0 Å². The highest BCUT2D eigenvalue weighted by molar-refractivity contribution is 6.24. The number of amides is 4. The summed E-state index contributed by atoms with van der Waals surface area (Å²) in [4.78, 5) is 63.4. The van der Waals surface area contributed by atoms with Crippen molar-refractivity contribution in [1.82, 2.24) is 34.9 Å². The molecule has 11 nitrogen and oxygen atoms in total. The number of rotatable bonds is 7. The molecule has 43 heavy (non-hydrogen) atoms. The Morgan fingerprint density at radius 1 is 0.884 bits per heavy atom. The summed E-state index contributed by atoms with van der Waals surface area (Å²) in [7, 11) is 0. The number of fused-ring (bicyclic) bond motifs is 2. The number of hydrogen-bond donors (Lipinski definition) is 1. The van der Waals surface area contributed by atoms with Gasteiger partial charge in [0.2, 0.25) is 11.8 Å². The van der Waals surface area contributed by atoms with Crippen LogP contribution < -0.4 is 5.32 Å². The van der Waals surface area contributed by atoms with Crippen molar-refractivity contribution in [3.05, 3.63) is 77.2 Å². The molecule has 1 aliphatic carbocycles. The topological polar surface area (TPSA) is 130 Å². The minimum Gasteiger partial charge on any atom is -0.299 e. The summed E-state index contributed by atoms with van der Waals surface area (Å²) < 4.78 is 2.08. The highest BCUT2D eigenvalue weighted by Crippen LogP contribution is 2.44. The molecule has 4 aromatic rings. The van der Waals surface area contributed by atoms with Gasteiger partial charge < -0.3 is 0 Å². The largest absolute Gasteiger partial charge is 0.299 e. The fourth-order valence-electron chi connectivity index (χ4n) is 6.50. The lowest BCUT2D eigenvalue weighted by Crippen LogP contribution is -2.54. The van der Waals surface area contributed by atoms with Gasteiger partial charge in [0.1, 0.15) is 6.04 Å². The van der Waals surface area contributed by atoms with E-state index in [1.807, 2.05) is 36.5 Å². The maximum Gasteiger partial charge on any atom is 0.262 e. The summed E-state index contributed by atoms with van der Waals surface area (Å²) >= 11 is 0. The monoisotopic (exact) mass is 575 g/mol. The number of likely N-dealkylation sites (tertiary alicyclic amines) is 1. The third-order valence-electron chi connectivity index (χ3n) is 9.01. The van der Waals surface area contributed by atoms with Gasteiger partial charge in [-0.25, -0.2) is 4.98 Å². The Bertz CT molecular complexity index is 1840. The second kappa shape index (κ2) is 9.91. The molecule has 2 saturated heterocycles.